The van der Waals surface area contributed by atoms with E-state index in [4.69, 9.17) is 55.1 Å². The van der Waals surface area contributed by atoms with E-state index in [1.807, 2.05) is 13.8 Å². The summed E-state index contributed by atoms with van der Waals surface area (Å²) in [5, 5.41) is 68.0. The number of carboxylic acids is 3. The van der Waals surface area contributed by atoms with Crippen LogP contribution in [0, 0.1) is 41.4 Å². The Morgan fingerprint density at radius 3 is 2.05 bits per heavy atom. The van der Waals surface area contributed by atoms with E-state index in [0.717, 1.165) is 47.3 Å². The van der Waals surface area contributed by atoms with Crippen LogP contribution >= 0.6 is 21.6 Å². The number of hydrogen-bond acceptors (Lipinski definition) is 31. The van der Waals surface area contributed by atoms with Crippen LogP contribution in [0.2, 0.25) is 0 Å². The number of esters is 1. The zero-order valence-electron chi connectivity index (χ0n) is 71.9. The number of H-pyrrole nitrogens is 1. The van der Waals surface area contributed by atoms with E-state index < -0.39 is 175 Å². The fourth-order valence-corrected chi connectivity index (χ4v) is 19.8. The van der Waals surface area contributed by atoms with Crippen LogP contribution in [0.5, 0.6) is 0 Å². The van der Waals surface area contributed by atoms with Crippen LogP contribution in [0.3, 0.4) is 0 Å². The lowest BCUT2D eigenvalue weighted by molar-refractivity contribution is -0.353. The summed E-state index contributed by atoms with van der Waals surface area (Å²) >= 11 is 0. The SMILES string of the molecule is CO[C@@H]1C[C@@H](C[C@H]2CC[C@H](C)C([C@@H](C)C(=O)OCCSSC[C@H](NC(=O)[C@H](CC(=O)O)NC(=O)[C@H](CC=O)NC(=O)[C@H](CCCN=C(N)N)NC(=O)[C@H](CC=O)NC(=O)CC[C@H](NC(=O)c3ccc(NCc4cnc5nc(N)[nH]c(=O)c5n4)cc3)C(=O)O)C(=O)O)O2)O[C@]2(O[C@@](C)(C3CC[C@@](C)([C@@H]4O[C@@H]([C@@H]5O[C@@](O)(CO)[C@H](C)C[C@@H]5C)C[C@@H]4C)O3)C[C@H]2C)[C@@H]1C. The number of methoxy groups -OCH3 is 1. The highest BCUT2D eigenvalue weighted by Gasteiger charge is 2.65. The molecule has 6 aliphatic rings. The first-order chi connectivity index (χ1) is 59.2. The number of aliphatic hydroxyl groups is 2. The molecule has 2 unspecified atom stereocenters. The number of aromatic nitrogens is 4. The lowest BCUT2D eigenvalue weighted by atomic mass is 9.78. The topological polar surface area (TPSA) is 626 Å². The predicted octanol–water partition coefficient (Wildman–Crippen LogP) is 1.64. The standard InChI is InChI=1S/C82H121N15O26S2/c1-40-13-18-50(32-51-33-58(116-10)46(7)82(120-51)44(5)35-80(9,123-82)60-21-24-79(8,121-60)66-42(3)31-59(119-66)65-41(2)30-43(4)81(115,39-100)122-65)118-64(40)45(6)76(114)117-28-29-124-125-38-57(75(112)113)95-72(108)56(34-62(102)103)94-71(107)54(23-27-99)92-69(105)52(12-11-25-86-77(83)84)91-70(106)53(22-26-98)90-61(101)20-19-55(74(110)111)93-68(104)47-14-16-48(17-15-47)87-36-49-37-88-67-63(89-49)73(109)97-78(85)96-67/h14-17,26-27,37,40-46,50-60,64-66,87,100,115H,11-13,18-25,28-36,38-39H2,1-10H3,(H,90,101)(H,91,106)(H,92,105)(H,93,104)(H,94,107)(H,95,108)(H,102,103)(H,110,111)(H,112,113)(H4,83,84,86)(H3,85,88,96,97,109)/t40-,41-,42-,43+,44+,45+,46+,50+,51+,52-,53-,54-,55-,56-,57-,58+,59+,60?,64?,65+,66+,79-,80+,81-,82+/m0/s1. The molecule has 0 saturated carbocycles. The first-order valence-electron chi connectivity index (χ1n) is 42.2. The minimum absolute atomic E-state index is 0.0157. The first kappa shape index (κ1) is 99.5. The van der Waals surface area contributed by atoms with Crippen molar-refractivity contribution in [3.63, 3.8) is 0 Å². The Kier molecular flexibility index (Phi) is 35.3. The Labute approximate surface area is 730 Å². The van der Waals surface area contributed by atoms with Crippen LogP contribution in [0.1, 0.15) is 181 Å². The lowest BCUT2D eigenvalue weighted by Crippen LogP contribution is -2.59. The molecular weight excluding hydrogens is 1680 g/mol. The van der Waals surface area contributed by atoms with Gasteiger partial charge < -0.3 is 127 Å². The molecule has 6 amide bonds. The summed E-state index contributed by atoms with van der Waals surface area (Å²) in [6, 6.07) is -4.85. The zero-order valence-corrected chi connectivity index (χ0v) is 73.5. The summed E-state index contributed by atoms with van der Waals surface area (Å²) in [4.78, 5) is 188. The second kappa shape index (κ2) is 44.4. The Hall–Kier alpha value is -9.31. The van der Waals surface area contributed by atoms with Crippen molar-refractivity contribution in [2.45, 2.75) is 279 Å². The smallest absolute Gasteiger partial charge is 0.327 e. The third-order valence-corrected chi connectivity index (χ3v) is 27.0. The molecule has 0 radical (unpaired) electrons. The van der Waals surface area contributed by atoms with Gasteiger partial charge in [-0.1, -0.05) is 63.1 Å². The Morgan fingerprint density at radius 1 is 0.736 bits per heavy atom. The number of anilines is 2. The molecule has 6 fully saturated rings. The largest absolute Gasteiger partial charge is 0.481 e. The molecule has 1 aromatic carbocycles. The van der Waals surface area contributed by atoms with Crippen molar-refractivity contribution in [3.8, 4) is 0 Å². The number of aliphatic imine (C=N–C) groups is 1. The minimum atomic E-state index is -2.01. The number of nitrogens with two attached hydrogens (primary N) is 3. The van der Waals surface area contributed by atoms with Gasteiger partial charge in [0, 0.05) is 86.3 Å². The molecule has 3 aromatic rings. The minimum Gasteiger partial charge on any atom is -0.481 e. The highest BCUT2D eigenvalue weighted by Crippen LogP contribution is 2.57. The molecule has 0 bridgehead atoms. The second-order valence-electron chi connectivity index (χ2n) is 34.2. The number of benzene rings is 1. The van der Waals surface area contributed by atoms with Crippen LogP contribution < -0.4 is 60.0 Å². The van der Waals surface area contributed by atoms with Gasteiger partial charge in [-0.25, -0.2) is 19.6 Å². The Morgan fingerprint density at radius 2 is 1.39 bits per heavy atom. The molecule has 692 valence electrons. The number of carboxylic acid groups (broad SMARTS) is 3. The number of aromatic amines is 1. The fraction of sp³-hybridized carbons (Fsp3) is 0.695. The monoisotopic (exact) mass is 1800 g/mol. The predicted molar refractivity (Wildman–Crippen MR) is 452 cm³/mol. The van der Waals surface area contributed by atoms with Crippen LogP contribution in [-0.4, -0.2) is 270 Å². The number of fused-ring (bicyclic) bond motifs is 1. The van der Waals surface area contributed by atoms with Gasteiger partial charge in [-0.05, 0) is 127 Å². The summed E-state index contributed by atoms with van der Waals surface area (Å²) in [6.45, 7) is 17.8. The number of aliphatic hydroxyl groups excluding tert-OH is 1. The van der Waals surface area contributed by atoms with Crippen molar-refractivity contribution in [2.24, 2.45) is 57.9 Å². The van der Waals surface area contributed by atoms with E-state index in [-0.39, 0.29) is 163 Å². The van der Waals surface area contributed by atoms with Gasteiger partial charge in [-0.15, -0.1) is 0 Å². The van der Waals surface area contributed by atoms with Crippen molar-refractivity contribution < 1.29 is 121 Å². The number of amides is 6. The summed E-state index contributed by atoms with van der Waals surface area (Å²) in [6.07, 6.45) is 1.30. The molecule has 41 nitrogen and oxygen atoms in total. The summed E-state index contributed by atoms with van der Waals surface area (Å²) in [5.41, 5.74) is 15.5. The molecule has 2 aromatic heterocycles. The van der Waals surface area contributed by atoms with Crippen LogP contribution in [0.4, 0.5) is 11.6 Å². The van der Waals surface area contributed by atoms with Crippen molar-refractivity contribution in [2.75, 3.05) is 49.4 Å². The van der Waals surface area contributed by atoms with E-state index in [9.17, 15) is 87.9 Å². The maximum Gasteiger partial charge on any atom is 0.327 e. The molecule has 43 heteroatoms. The lowest BCUT2D eigenvalue weighted by Gasteiger charge is -2.50. The quantitative estimate of drug-likeness (QED) is 0.00955. The van der Waals surface area contributed by atoms with Gasteiger partial charge in [0.25, 0.3) is 11.5 Å². The number of nitrogen functional groups attached to an aromatic ring is 1. The van der Waals surface area contributed by atoms with Crippen LogP contribution in [-0.2, 0) is 97.2 Å². The van der Waals surface area contributed by atoms with Gasteiger partial charge in [-0.3, -0.25) is 53.1 Å². The first-order valence-corrected chi connectivity index (χ1v) is 44.7. The zero-order chi connectivity index (χ0) is 91.6. The van der Waals surface area contributed by atoms with E-state index in [1.54, 1.807) is 14.0 Å². The molecular formula is C82H121N15O26S2. The molecule has 1 spiro atoms. The number of nitrogens with one attached hydrogen (secondary N) is 8. The number of carbonyl (C=O) groups is 12. The number of aldehydes is 2. The van der Waals surface area contributed by atoms with Gasteiger partial charge in [0.15, 0.2) is 28.7 Å². The third-order valence-electron chi connectivity index (χ3n) is 24.7. The Bertz CT molecular complexity index is 4400. The van der Waals surface area contributed by atoms with Gasteiger partial charge in [0.2, 0.25) is 35.5 Å². The highest BCUT2D eigenvalue weighted by atomic mass is 33.1. The molecule has 19 N–H and O–H groups in total. The normalized spacial score (nSPS) is 30.0. The third kappa shape index (κ3) is 25.8. The summed E-state index contributed by atoms with van der Waals surface area (Å²) < 4.78 is 53.5. The van der Waals surface area contributed by atoms with Gasteiger partial charge in [-0.2, -0.15) is 4.98 Å². The second-order valence-corrected chi connectivity index (χ2v) is 36.8. The van der Waals surface area contributed by atoms with Crippen LogP contribution in [0.25, 0.3) is 11.2 Å². The highest BCUT2D eigenvalue weighted by molar-refractivity contribution is 8.76. The van der Waals surface area contributed by atoms with Gasteiger partial charge in [0.1, 0.15) is 55.4 Å². The van der Waals surface area contributed by atoms with Gasteiger partial charge in [0.05, 0.1) is 97.4 Å². The van der Waals surface area contributed by atoms with Crippen molar-refractivity contribution in [1.29, 1.82) is 0 Å². The molecule has 25 atom stereocenters. The number of aliphatic carboxylic acids is 3. The maximum absolute atomic E-state index is 14.1. The molecule has 0 aliphatic carbocycles. The van der Waals surface area contributed by atoms with E-state index in [0.29, 0.717) is 43.5 Å². The average molecular weight is 1800 g/mol. The molecule has 9 rings (SSSR count). The maximum atomic E-state index is 14.1. The number of guanidine groups is 1. The van der Waals surface area contributed by atoms with Crippen molar-refractivity contribution in [3.05, 3.63) is 52.1 Å². The van der Waals surface area contributed by atoms with E-state index >= 15 is 0 Å². The molecule has 125 heavy (non-hydrogen) atoms. The molecule has 6 saturated heterocycles. The fourth-order valence-electron chi connectivity index (χ4n) is 17.9. The van der Waals surface area contributed by atoms with Crippen LogP contribution in [0.15, 0.2) is 40.2 Å². The van der Waals surface area contributed by atoms with E-state index in [2.05, 4.69) is 104 Å². The summed E-state index contributed by atoms with van der Waals surface area (Å²) in [7, 11) is 3.79. The van der Waals surface area contributed by atoms with Crippen molar-refractivity contribution in [1.82, 2.24) is 51.8 Å². The average Bonchev–Trinajstić information content (AvgIpc) is 1.56. The van der Waals surface area contributed by atoms with Gasteiger partial charge >= 0.3 is 23.9 Å². The Balaban J connectivity index is 0.717. The number of ether oxygens (including phenoxy) is 8. The number of nitrogens with zero attached hydrogens (tertiary/aromatic N) is 4. The van der Waals surface area contributed by atoms with E-state index in [1.165, 1.54) is 30.5 Å². The molecule has 6 aliphatic heterocycles. The van der Waals surface area contributed by atoms with Crippen molar-refractivity contribution >= 4 is 122 Å². The number of rotatable bonds is 44. The summed E-state index contributed by atoms with van der Waals surface area (Å²) in [5.74, 6) is -16.2. The number of carbonyl (C=O) groups excluding carboxylic acids is 9. The molecule has 8 heterocycles. The number of hydrogen-bond donors (Lipinski definition) is 16.